The molecule has 38 heavy (non-hydrogen) atoms. The molecule has 8 nitrogen and oxygen atoms in total. The molecule has 1 N–H and O–H groups in total. The van der Waals surface area contributed by atoms with Gasteiger partial charge in [0.1, 0.15) is 0 Å². The Bertz CT molecular complexity index is 1370. The standard InChI is InChI=1S/C28H37F2N5O3/c1-18-14-24-22(15-21(18)27(37)34-12-11-33(19(2)17-34)10-4-5-13-38-3)25-23(26(36)32-24)16-31-35(25)20-6-8-28(29,30)9-7-20/h14-16,19-20H,4-13,17H2,1-3H3,(H,32,36)/t19-/m1/s1. The van der Waals surface area contributed by atoms with Crippen LogP contribution in [0.15, 0.2) is 23.1 Å². The smallest absolute Gasteiger partial charge is 0.259 e. The summed E-state index contributed by atoms with van der Waals surface area (Å²) < 4.78 is 34.5. The number of ether oxygens (including phenoxy) is 1. The number of fused-ring (bicyclic) bond motifs is 3. The summed E-state index contributed by atoms with van der Waals surface area (Å²) in [4.78, 5) is 33.8. The summed E-state index contributed by atoms with van der Waals surface area (Å²) in [7, 11) is 1.72. The fourth-order valence-corrected chi connectivity index (χ4v) is 6.01. The van der Waals surface area contributed by atoms with Crippen molar-refractivity contribution >= 4 is 27.7 Å². The number of aromatic nitrogens is 3. The number of piperazine rings is 1. The minimum atomic E-state index is -2.65. The van der Waals surface area contributed by atoms with E-state index in [2.05, 4.69) is 21.9 Å². The summed E-state index contributed by atoms with van der Waals surface area (Å²) >= 11 is 0. The van der Waals surface area contributed by atoms with Gasteiger partial charge in [-0.15, -0.1) is 0 Å². The van der Waals surface area contributed by atoms with E-state index in [1.807, 2.05) is 24.0 Å². The predicted octanol–water partition coefficient (Wildman–Crippen LogP) is 4.51. The van der Waals surface area contributed by atoms with Gasteiger partial charge in [0, 0.05) is 63.2 Å². The van der Waals surface area contributed by atoms with E-state index in [0.717, 1.165) is 38.1 Å². The van der Waals surface area contributed by atoms with Crippen LogP contribution in [-0.2, 0) is 4.74 Å². The summed E-state index contributed by atoms with van der Waals surface area (Å²) in [6.07, 6.45) is 3.80. The van der Waals surface area contributed by atoms with Crippen LogP contribution in [0.3, 0.4) is 0 Å². The number of pyridine rings is 1. The first-order valence-electron chi connectivity index (χ1n) is 13.6. The Kier molecular flexibility index (Phi) is 7.55. The van der Waals surface area contributed by atoms with Crippen LogP contribution in [0.5, 0.6) is 0 Å². The number of alkyl halides is 2. The van der Waals surface area contributed by atoms with Crippen LogP contribution in [0.2, 0.25) is 0 Å². The maximum Gasteiger partial charge on any atom is 0.259 e. The fraction of sp³-hybridized carbons (Fsp3) is 0.607. The molecule has 5 rings (SSSR count). The van der Waals surface area contributed by atoms with Crippen LogP contribution < -0.4 is 5.56 Å². The average molecular weight is 530 g/mol. The number of nitrogens with one attached hydrogen (secondary N) is 1. The molecule has 1 saturated heterocycles. The Morgan fingerprint density at radius 3 is 2.66 bits per heavy atom. The Balaban J connectivity index is 1.43. The number of halogens is 2. The first-order chi connectivity index (χ1) is 18.2. The second kappa shape index (κ2) is 10.7. The van der Waals surface area contributed by atoms with Crippen molar-refractivity contribution < 1.29 is 18.3 Å². The zero-order valence-corrected chi connectivity index (χ0v) is 22.4. The number of carbonyl (C=O) groups is 1. The number of methoxy groups -OCH3 is 1. The lowest BCUT2D eigenvalue weighted by atomic mass is 9.92. The number of nitrogens with zero attached hydrogens (tertiary/aromatic N) is 4. The molecular formula is C28H37F2N5O3. The summed E-state index contributed by atoms with van der Waals surface area (Å²) in [6, 6.07) is 3.73. The van der Waals surface area contributed by atoms with Gasteiger partial charge in [0.2, 0.25) is 5.92 Å². The molecule has 206 valence electrons. The highest BCUT2D eigenvalue weighted by Gasteiger charge is 2.36. The van der Waals surface area contributed by atoms with Crippen molar-refractivity contribution in [1.29, 1.82) is 0 Å². The van der Waals surface area contributed by atoms with Crippen molar-refractivity contribution in [2.75, 3.05) is 39.9 Å². The van der Waals surface area contributed by atoms with Crippen LogP contribution in [0.1, 0.15) is 67.4 Å². The van der Waals surface area contributed by atoms with Crippen LogP contribution in [-0.4, -0.2) is 82.3 Å². The molecule has 2 fully saturated rings. The van der Waals surface area contributed by atoms with Crippen LogP contribution in [0.4, 0.5) is 8.78 Å². The molecule has 1 aromatic carbocycles. The van der Waals surface area contributed by atoms with Crippen molar-refractivity contribution in [3.8, 4) is 0 Å². The number of benzene rings is 1. The van der Waals surface area contributed by atoms with Gasteiger partial charge >= 0.3 is 0 Å². The number of amides is 1. The number of aryl methyl sites for hydroxylation is 1. The lowest BCUT2D eigenvalue weighted by molar-refractivity contribution is -0.0445. The van der Waals surface area contributed by atoms with Gasteiger partial charge in [-0.2, -0.15) is 5.10 Å². The number of aromatic amines is 1. The van der Waals surface area contributed by atoms with Gasteiger partial charge in [0.15, 0.2) is 0 Å². The van der Waals surface area contributed by atoms with Crippen molar-refractivity contribution in [2.45, 2.75) is 70.4 Å². The molecule has 0 bridgehead atoms. The van der Waals surface area contributed by atoms with E-state index in [1.54, 1.807) is 11.8 Å². The van der Waals surface area contributed by atoms with E-state index < -0.39 is 5.92 Å². The van der Waals surface area contributed by atoms with E-state index >= 15 is 0 Å². The highest BCUT2D eigenvalue weighted by molar-refractivity contribution is 6.07. The fourth-order valence-electron chi connectivity index (χ4n) is 6.01. The average Bonchev–Trinajstić information content (AvgIpc) is 3.33. The number of rotatable bonds is 7. The third-order valence-electron chi connectivity index (χ3n) is 8.27. The molecule has 0 spiro atoms. The minimum Gasteiger partial charge on any atom is -0.385 e. The number of H-pyrrole nitrogens is 1. The SMILES string of the molecule is COCCCCN1CCN(C(=O)c2cc3c(cc2C)[nH]c(=O)c2cnn(C4CCC(F)(F)CC4)c23)C[C@H]1C. The molecule has 3 heterocycles. The Morgan fingerprint density at radius 1 is 1.18 bits per heavy atom. The van der Waals surface area contributed by atoms with E-state index in [0.29, 0.717) is 53.3 Å². The van der Waals surface area contributed by atoms with Crippen molar-refractivity contribution in [3.05, 3.63) is 39.8 Å². The van der Waals surface area contributed by atoms with Gasteiger partial charge in [-0.3, -0.25) is 19.2 Å². The highest BCUT2D eigenvalue weighted by Crippen LogP contribution is 2.40. The Hall–Kier alpha value is -2.85. The van der Waals surface area contributed by atoms with Gasteiger partial charge in [-0.25, -0.2) is 8.78 Å². The van der Waals surface area contributed by atoms with Gasteiger partial charge in [-0.05, 0) is 63.8 Å². The minimum absolute atomic E-state index is 0.0296. The second-order valence-electron chi connectivity index (χ2n) is 10.9. The summed E-state index contributed by atoms with van der Waals surface area (Å²) in [6.45, 7) is 7.91. The molecule has 1 aliphatic carbocycles. The topological polar surface area (TPSA) is 83.5 Å². The monoisotopic (exact) mass is 529 g/mol. The van der Waals surface area contributed by atoms with E-state index in [-0.39, 0.29) is 36.4 Å². The van der Waals surface area contributed by atoms with Crippen LogP contribution in [0, 0.1) is 6.92 Å². The van der Waals surface area contributed by atoms with Gasteiger partial charge in [0.25, 0.3) is 11.5 Å². The molecule has 1 saturated carbocycles. The molecule has 1 aliphatic heterocycles. The molecule has 1 atom stereocenters. The Morgan fingerprint density at radius 2 is 1.95 bits per heavy atom. The van der Waals surface area contributed by atoms with E-state index in [4.69, 9.17) is 4.74 Å². The van der Waals surface area contributed by atoms with Gasteiger partial charge in [0.05, 0.1) is 28.7 Å². The van der Waals surface area contributed by atoms with Gasteiger partial charge < -0.3 is 14.6 Å². The van der Waals surface area contributed by atoms with Crippen molar-refractivity contribution in [2.24, 2.45) is 0 Å². The number of hydrogen-bond acceptors (Lipinski definition) is 5. The summed E-state index contributed by atoms with van der Waals surface area (Å²) in [5.41, 5.74) is 2.34. The molecule has 3 aromatic rings. The first kappa shape index (κ1) is 26.7. The van der Waals surface area contributed by atoms with E-state index in [1.165, 1.54) is 6.20 Å². The lowest BCUT2D eigenvalue weighted by Crippen LogP contribution is -2.53. The quantitative estimate of drug-likeness (QED) is 0.456. The summed E-state index contributed by atoms with van der Waals surface area (Å²) in [5, 5.41) is 5.59. The first-order valence-corrected chi connectivity index (χ1v) is 13.6. The number of hydrogen-bond donors (Lipinski definition) is 1. The maximum atomic E-state index is 13.8. The molecule has 10 heteroatoms. The predicted molar refractivity (Wildman–Crippen MR) is 143 cm³/mol. The summed E-state index contributed by atoms with van der Waals surface area (Å²) in [5.74, 6) is -2.68. The number of carbonyl (C=O) groups excluding carboxylic acids is 1. The lowest BCUT2D eigenvalue weighted by Gasteiger charge is -2.40. The second-order valence-corrected chi connectivity index (χ2v) is 10.9. The highest BCUT2D eigenvalue weighted by atomic mass is 19.3. The van der Waals surface area contributed by atoms with E-state index in [9.17, 15) is 18.4 Å². The third-order valence-corrected chi connectivity index (χ3v) is 8.27. The largest absolute Gasteiger partial charge is 0.385 e. The van der Waals surface area contributed by atoms with Gasteiger partial charge in [-0.1, -0.05) is 0 Å². The third kappa shape index (κ3) is 5.20. The van der Waals surface area contributed by atoms with Crippen LogP contribution >= 0.6 is 0 Å². The molecule has 2 aromatic heterocycles. The number of unbranched alkanes of at least 4 members (excludes halogenated alkanes) is 1. The van der Waals surface area contributed by atoms with Crippen molar-refractivity contribution in [3.63, 3.8) is 0 Å². The van der Waals surface area contributed by atoms with Crippen LogP contribution in [0.25, 0.3) is 21.8 Å². The molecule has 2 aliphatic rings. The zero-order valence-electron chi connectivity index (χ0n) is 22.4. The maximum absolute atomic E-state index is 13.8. The molecule has 0 unspecified atom stereocenters. The Labute approximate surface area is 220 Å². The molecule has 1 amide bonds. The van der Waals surface area contributed by atoms with Crippen molar-refractivity contribution in [1.82, 2.24) is 24.6 Å². The molecular weight excluding hydrogens is 492 g/mol. The molecule has 0 radical (unpaired) electrons. The zero-order chi connectivity index (χ0) is 27.0. The normalized spacial score (nSPS) is 21.0.